The van der Waals surface area contributed by atoms with Crippen LogP contribution in [0.25, 0.3) is 6.08 Å². The molecule has 0 heterocycles. The third kappa shape index (κ3) is 4.06. The molecule has 0 aliphatic heterocycles. The average Bonchev–Trinajstić information content (AvgIpc) is 2.25. The third-order valence-corrected chi connectivity index (χ3v) is 2.48. The van der Waals surface area contributed by atoms with Crippen LogP contribution in [0.2, 0.25) is 0 Å². The van der Waals surface area contributed by atoms with Gasteiger partial charge in [0.1, 0.15) is 5.75 Å². The number of amides is 1. The van der Waals surface area contributed by atoms with Crippen molar-refractivity contribution in [2.75, 3.05) is 6.61 Å². The van der Waals surface area contributed by atoms with E-state index in [1.807, 2.05) is 18.2 Å². The van der Waals surface area contributed by atoms with E-state index in [1.54, 1.807) is 6.08 Å². The summed E-state index contributed by atoms with van der Waals surface area (Å²) >= 11 is 3.41. The molecule has 0 spiro atoms. The van der Waals surface area contributed by atoms with Gasteiger partial charge >= 0.3 is 0 Å². The highest BCUT2D eigenvalue weighted by molar-refractivity contribution is 9.10. The van der Waals surface area contributed by atoms with Gasteiger partial charge in [0.15, 0.2) is 0 Å². The highest BCUT2D eigenvalue weighted by Gasteiger charge is 2.00. The molecular weight excluding hydrogens is 270 g/mol. The first-order chi connectivity index (χ1) is 7.63. The van der Waals surface area contributed by atoms with E-state index in [1.165, 1.54) is 6.08 Å². The van der Waals surface area contributed by atoms with E-state index in [0.29, 0.717) is 6.61 Å². The lowest BCUT2D eigenvalue weighted by Crippen LogP contribution is -2.05. The van der Waals surface area contributed by atoms with Gasteiger partial charge in [0.25, 0.3) is 0 Å². The molecule has 0 bridgehead atoms. The van der Waals surface area contributed by atoms with Gasteiger partial charge in [-0.15, -0.1) is 0 Å². The van der Waals surface area contributed by atoms with Crippen molar-refractivity contribution in [3.05, 3.63) is 34.3 Å². The molecule has 1 amide bonds. The van der Waals surface area contributed by atoms with Gasteiger partial charge in [-0.25, -0.2) is 0 Å². The summed E-state index contributed by atoms with van der Waals surface area (Å²) in [5.74, 6) is 0.348. The molecule has 4 heteroatoms. The van der Waals surface area contributed by atoms with E-state index in [9.17, 15) is 4.79 Å². The van der Waals surface area contributed by atoms with E-state index in [2.05, 4.69) is 22.9 Å². The van der Waals surface area contributed by atoms with Gasteiger partial charge in [-0.3, -0.25) is 4.79 Å². The Morgan fingerprint density at radius 3 is 2.88 bits per heavy atom. The quantitative estimate of drug-likeness (QED) is 0.845. The summed E-state index contributed by atoms with van der Waals surface area (Å²) in [6.07, 6.45) is 3.96. The Morgan fingerprint density at radius 2 is 2.31 bits per heavy atom. The minimum absolute atomic E-state index is 0.456. The summed E-state index contributed by atoms with van der Waals surface area (Å²) < 4.78 is 6.37. The maximum absolute atomic E-state index is 10.6. The van der Waals surface area contributed by atoms with Crippen molar-refractivity contribution in [3.63, 3.8) is 0 Å². The van der Waals surface area contributed by atoms with Crippen LogP contribution in [0.15, 0.2) is 28.7 Å². The molecular formula is C12H14BrNO2. The molecule has 0 fully saturated rings. The van der Waals surface area contributed by atoms with E-state index in [4.69, 9.17) is 10.5 Å². The largest absolute Gasteiger partial charge is 0.492 e. The van der Waals surface area contributed by atoms with Crippen LogP contribution < -0.4 is 10.5 Å². The average molecular weight is 284 g/mol. The molecule has 1 aromatic carbocycles. The summed E-state index contributed by atoms with van der Waals surface area (Å²) in [6, 6.07) is 5.61. The zero-order valence-electron chi connectivity index (χ0n) is 9.07. The second kappa shape index (κ2) is 6.33. The fourth-order valence-corrected chi connectivity index (χ4v) is 1.64. The third-order valence-electron chi connectivity index (χ3n) is 1.86. The van der Waals surface area contributed by atoms with Crippen molar-refractivity contribution in [1.82, 2.24) is 0 Å². The lowest BCUT2D eigenvalue weighted by atomic mass is 10.2. The Balaban J connectivity index is 2.78. The minimum atomic E-state index is -0.456. The molecule has 0 aromatic heterocycles. The van der Waals surface area contributed by atoms with Gasteiger partial charge in [0, 0.05) is 6.08 Å². The van der Waals surface area contributed by atoms with Crippen molar-refractivity contribution in [3.8, 4) is 5.75 Å². The van der Waals surface area contributed by atoms with Crippen LogP contribution in [0, 0.1) is 0 Å². The lowest BCUT2D eigenvalue weighted by molar-refractivity contribution is -0.113. The standard InChI is InChI=1S/C12H14BrNO2/c1-2-7-16-11-5-3-9(8-10(11)13)4-6-12(14)15/h3-6,8H,2,7H2,1H3,(H2,14,15)/b6-4+. The van der Waals surface area contributed by atoms with Crippen molar-refractivity contribution in [2.45, 2.75) is 13.3 Å². The van der Waals surface area contributed by atoms with E-state index >= 15 is 0 Å². The summed E-state index contributed by atoms with van der Waals surface area (Å²) in [5.41, 5.74) is 5.91. The van der Waals surface area contributed by atoms with E-state index < -0.39 is 5.91 Å². The molecule has 0 radical (unpaired) electrons. The Kier molecular flexibility index (Phi) is 5.05. The first kappa shape index (κ1) is 12.8. The fourth-order valence-electron chi connectivity index (χ4n) is 1.13. The minimum Gasteiger partial charge on any atom is -0.492 e. The first-order valence-electron chi connectivity index (χ1n) is 5.03. The van der Waals surface area contributed by atoms with Crippen LogP contribution in [0.3, 0.4) is 0 Å². The normalized spacial score (nSPS) is 10.6. The molecule has 0 unspecified atom stereocenters. The van der Waals surface area contributed by atoms with E-state index in [-0.39, 0.29) is 0 Å². The summed E-state index contributed by atoms with van der Waals surface area (Å²) in [6.45, 7) is 2.74. The number of rotatable bonds is 5. The van der Waals surface area contributed by atoms with Crippen LogP contribution >= 0.6 is 15.9 Å². The van der Waals surface area contributed by atoms with Gasteiger partial charge in [-0.1, -0.05) is 13.0 Å². The number of nitrogens with two attached hydrogens (primary N) is 1. The molecule has 0 saturated carbocycles. The van der Waals surface area contributed by atoms with Crippen LogP contribution in [-0.2, 0) is 4.79 Å². The Hall–Kier alpha value is -1.29. The predicted molar refractivity (Wildman–Crippen MR) is 68.2 cm³/mol. The Morgan fingerprint density at radius 1 is 1.56 bits per heavy atom. The number of benzene rings is 1. The molecule has 0 saturated heterocycles. The molecule has 16 heavy (non-hydrogen) atoms. The second-order valence-electron chi connectivity index (χ2n) is 3.27. The van der Waals surface area contributed by atoms with E-state index in [0.717, 1.165) is 22.2 Å². The lowest BCUT2D eigenvalue weighted by Gasteiger charge is -2.07. The summed E-state index contributed by atoms with van der Waals surface area (Å²) in [5, 5.41) is 0. The molecule has 0 atom stereocenters. The number of hydrogen-bond donors (Lipinski definition) is 1. The van der Waals surface area contributed by atoms with Gasteiger partial charge in [0.05, 0.1) is 11.1 Å². The SMILES string of the molecule is CCCOc1ccc(/C=C/C(N)=O)cc1Br. The van der Waals surface area contributed by atoms with Crippen molar-refractivity contribution < 1.29 is 9.53 Å². The number of carbonyl (C=O) groups excluding carboxylic acids is 1. The zero-order valence-corrected chi connectivity index (χ0v) is 10.7. The van der Waals surface area contributed by atoms with Gasteiger partial charge < -0.3 is 10.5 Å². The smallest absolute Gasteiger partial charge is 0.241 e. The molecule has 0 aliphatic carbocycles. The highest BCUT2D eigenvalue weighted by atomic mass is 79.9. The molecule has 2 N–H and O–H groups in total. The maximum atomic E-state index is 10.6. The summed E-state index contributed by atoms with van der Waals surface area (Å²) in [7, 11) is 0. The fraction of sp³-hybridized carbons (Fsp3) is 0.250. The molecule has 1 aromatic rings. The maximum Gasteiger partial charge on any atom is 0.241 e. The topological polar surface area (TPSA) is 52.3 Å². The van der Waals surface area contributed by atoms with Crippen molar-refractivity contribution >= 4 is 27.9 Å². The first-order valence-corrected chi connectivity index (χ1v) is 5.82. The second-order valence-corrected chi connectivity index (χ2v) is 4.13. The van der Waals surface area contributed by atoms with Crippen molar-refractivity contribution in [1.29, 1.82) is 0 Å². The van der Waals surface area contributed by atoms with Crippen LogP contribution in [-0.4, -0.2) is 12.5 Å². The molecule has 0 aliphatic rings. The molecule has 1 rings (SSSR count). The van der Waals surface area contributed by atoms with Gasteiger partial charge in [-0.2, -0.15) is 0 Å². The van der Waals surface area contributed by atoms with Gasteiger partial charge in [0.2, 0.25) is 5.91 Å². The number of primary amides is 1. The molecule has 3 nitrogen and oxygen atoms in total. The Bertz CT molecular complexity index is 402. The predicted octanol–water partition coefficient (Wildman–Crippen LogP) is 2.74. The Labute approximate surface area is 103 Å². The summed E-state index contributed by atoms with van der Waals surface area (Å²) in [4.78, 5) is 10.6. The zero-order chi connectivity index (χ0) is 12.0. The van der Waals surface area contributed by atoms with Crippen molar-refractivity contribution in [2.24, 2.45) is 5.73 Å². The number of carbonyl (C=O) groups is 1. The molecule has 86 valence electrons. The highest BCUT2D eigenvalue weighted by Crippen LogP contribution is 2.26. The number of ether oxygens (including phenoxy) is 1. The number of hydrogen-bond acceptors (Lipinski definition) is 2. The van der Waals surface area contributed by atoms with Crippen LogP contribution in [0.5, 0.6) is 5.75 Å². The van der Waals surface area contributed by atoms with Crippen LogP contribution in [0.4, 0.5) is 0 Å². The monoisotopic (exact) mass is 283 g/mol. The number of halogens is 1. The van der Waals surface area contributed by atoms with Gasteiger partial charge in [-0.05, 0) is 46.1 Å². The van der Waals surface area contributed by atoms with Crippen LogP contribution in [0.1, 0.15) is 18.9 Å².